The Balaban J connectivity index is 1.81. The Morgan fingerprint density at radius 2 is 1.48 bits per heavy atom. The molecule has 0 fully saturated rings. The normalized spacial score (nSPS) is 10.8. The van der Waals surface area contributed by atoms with Crippen LogP contribution >= 0.6 is 0 Å². The predicted octanol–water partition coefficient (Wildman–Crippen LogP) is 5.27. The Morgan fingerprint density at radius 1 is 0.783 bits per heavy atom. The van der Waals surface area contributed by atoms with Gasteiger partial charge in [0.05, 0.1) is 0 Å². The fourth-order valence-electron chi connectivity index (χ4n) is 3.04. The molecule has 23 heavy (non-hydrogen) atoms. The lowest BCUT2D eigenvalue weighted by Crippen LogP contribution is -1.94. The van der Waals surface area contributed by atoms with Crippen molar-refractivity contribution in [3.63, 3.8) is 0 Å². The summed E-state index contributed by atoms with van der Waals surface area (Å²) in [6, 6.07) is 14.3. The summed E-state index contributed by atoms with van der Waals surface area (Å²) in [5.74, 6) is 0.258. The molecular weight excluding hydrogens is 282 g/mol. The van der Waals surface area contributed by atoms with Crippen LogP contribution in [0.15, 0.2) is 42.5 Å². The van der Waals surface area contributed by atoms with Crippen LogP contribution in [0.25, 0.3) is 0 Å². The fourth-order valence-corrected chi connectivity index (χ4v) is 3.04. The van der Waals surface area contributed by atoms with Crippen LogP contribution in [0.2, 0.25) is 0 Å². The summed E-state index contributed by atoms with van der Waals surface area (Å²) in [5.41, 5.74) is 10.4. The van der Waals surface area contributed by atoms with Gasteiger partial charge in [-0.1, -0.05) is 50.5 Å². The monoisotopic (exact) mass is 311 g/mol. The number of nitrogens with two attached hydrogens (primary N) is 1. The van der Waals surface area contributed by atoms with Gasteiger partial charge in [0.25, 0.3) is 0 Å². The van der Waals surface area contributed by atoms with Crippen molar-refractivity contribution in [1.29, 1.82) is 0 Å². The van der Waals surface area contributed by atoms with E-state index in [-0.39, 0.29) is 5.75 Å². The minimum Gasteiger partial charge on any atom is -0.508 e. The van der Waals surface area contributed by atoms with Crippen LogP contribution in [-0.4, -0.2) is 5.11 Å². The molecule has 0 aliphatic rings. The summed E-state index contributed by atoms with van der Waals surface area (Å²) in [4.78, 5) is 0. The Bertz CT molecular complexity index is 586. The van der Waals surface area contributed by atoms with E-state index in [1.807, 2.05) is 6.07 Å². The van der Waals surface area contributed by atoms with Crippen LogP contribution in [0.3, 0.4) is 0 Å². The quantitative estimate of drug-likeness (QED) is 0.489. The topological polar surface area (TPSA) is 46.2 Å². The van der Waals surface area contributed by atoms with Crippen molar-refractivity contribution in [2.24, 2.45) is 0 Å². The second-order valence-corrected chi connectivity index (χ2v) is 6.42. The molecule has 0 radical (unpaired) electrons. The number of hydrogen-bond acceptors (Lipinski definition) is 2. The Hall–Kier alpha value is -1.96. The molecule has 2 aromatic carbocycles. The molecule has 2 aromatic rings. The Kier molecular flexibility index (Phi) is 6.99. The molecule has 2 nitrogen and oxygen atoms in total. The molecule has 0 unspecified atom stereocenters. The van der Waals surface area contributed by atoms with Gasteiger partial charge in [0, 0.05) is 11.8 Å². The molecule has 0 heterocycles. The van der Waals surface area contributed by atoms with Gasteiger partial charge in [-0.3, -0.25) is 0 Å². The van der Waals surface area contributed by atoms with Crippen LogP contribution in [0.4, 0.5) is 5.69 Å². The van der Waals surface area contributed by atoms with Gasteiger partial charge in [-0.25, -0.2) is 0 Å². The van der Waals surface area contributed by atoms with Crippen molar-refractivity contribution >= 4 is 5.69 Å². The average molecular weight is 311 g/mol. The number of phenols is 1. The summed E-state index contributed by atoms with van der Waals surface area (Å²) >= 11 is 0. The fraction of sp³-hybridized carbons (Fsp3) is 0.429. The Labute approximate surface area is 140 Å². The van der Waals surface area contributed by atoms with E-state index in [0.717, 1.165) is 24.8 Å². The summed E-state index contributed by atoms with van der Waals surface area (Å²) in [6.07, 6.45) is 9.53. The van der Waals surface area contributed by atoms with E-state index in [1.54, 1.807) is 12.1 Å². The van der Waals surface area contributed by atoms with Gasteiger partial charge >= 0.3 is 0 Å². The van der Waals surface area contributed by atoms with Crippen LogP contribution in [-0.2, 0) is 19.3 Å². The number of aryl methyl sites for hydroxylation is 3. The summed E-state index contributed by atoms with van der Waals surface area (Å²) in [6.45, 7) is 2.25. The van der Waals surface area contributed by atoms with Crippen LogP contribution in [0, 0.1) is 0 Å². The van der Waals surface area contributed by atoms with Crippen molar-refractivity contribution in [1.82, 2.24) is 0 Å². The van der Waals surface area contributed by atoms with Gasteiger partial charge in [-0.05, 0) is 60.9 Å². The highest BCUT2D eigenvalue weighted by atomic mass is 16.3. The van der Waals surface area contributed by atoms with Crippen molar-refractivity contribution < 1.29 is 5.11 Å². The molecule has 124 valence electrons. The molecule has 0 aliphatic heterocycles. The zero-order valence-electron chi connectivity index (χ0n) is 14.2. The van der Waals surface area contributed by atoms with Gasteiger partial charge in [0.1, 0.15) is 5.75 Å². The molecule has 0 atom stereocenters. The maximum atomic E-state index is 9.59. The van der Waals surface area contributed by atoms with Crippen molar-refractivity contribution in [2.75, 3.05) is 5.73 Å². The van der Waals surface area contributed by atoms with Gasteiger partial charge in [-0.15, -0.1) is 0 Å². The van der Waals surface area contributed by atoms with E-state index in [2.05, 4.69) is 31.2 Å². The molecule has 2 rings (SSSR count). The summed E-state index contributed by atoms with van der Waals surface area (Å²) in [5, 5.41) is 9.59. The third-order valence-corrected chi connectivity index (χ3v) is 4.24. The van der Waals surface area contributed by atoms with E-state index in [0.29, 0.717) is 5.69 Å². The maximum Gasteiger partial charge on any atom is 0.117 e. The molecule has 3 N–H and O–H groups in total. The van der Waals surface area contributed by atoms with Gasteiger partial charge in [0.2, 0.25) is 0 Å². The van der Waals surface area contributed by atoms with Crippen molar-refractivity contribution in [2.45, 2.75) is 58.3 Å². The van der Waals surface area contributed by atoms with Gasteiger partial charge in [-0.2, -0.15) is 0 Å². The lowest BCUT2D eigenvalue weighted by molar-refractivity contribution is 0.475. The minimum atomic E-state index is 0.258. The number of benzene rings is 2. The lowest BCUT2D eigenvalue weighted by atomic mass is 10.00. The van der Waals surface area contributed by atoms with Crippen molar-refractivity contribution in [3.8, 4) is 5.75 Å². The number of phenolic OH excluding ortho intramolecular Hbond substituents is 1. The average Bonchev–Trinajstić information content (AvgIpc) is 2.51. The van der Waals surface area contributed by atoms with Gasteiger partial charge < -0.3 is 10.8 Å². The van der Waals surface area contributed by atoms with Gasteiger partial charge in [0.15, 0.2) is 0 Å². The zero-order chi connectivity index (χ0) is 16.5. The molecule has 0 bridgehead atoms. The zero-order valence-corrected chi connectivity index (χ0v) is 14.2. The van der Waals surface area contributed by atoms with E-state index in [1.165, 1.54) is 43.2 Å². The molecule has 2 heteroatoms. The first-order chi connectivity index (χ1) is 11.2. The largest absolute Gasteiger partial charge is 0.508 e. The third-order valence-electron chi connectivity index (χ3n) is 4.24. The number of nitrogen functional groups attached to an aromatic ring is 1. The summed E-state index contributed by atoms with van der Waals surface area (Å²) in [7, 11) is 0. The van der Waals surface area contributed by atoms with Crippen LogP contribution in [0.5, 0.6) is 5.75 Å². The predicted molar refractivity (Wildman–Crippen MR) is 98.8 cm³/mol. The SMILES string of the molecule is CCCCCCc1cccc(CCCc2cc(N)cc(O)c2)c1. The molecule has 0 saturated heterocycles. The lowest BCUT2D eigenvalue weighted by Gasteiger charge is -2.07. The number of aromatic hydroxyl groups is 1. The number of rotatable bonds is 9. The highest BCUT2D eigenvalue weighted by Crippen LogP contribution is 2.19. The first-order valence-electron chi connectivity index (χ1n) is 8.83. The standard InChI is InChI=1S/C21H29NO/c1-2-3-4-5-8-17-9-6-10-18(13-17)11-7-12-19-14-20(22)16-21(23)15-19/h6,9-10,13-16,23H,2-5,7-8,11-12,22H2,1H3. The first-order valence-corrected chi connectivity index (χ1v) is 8.83. The smallest absolute Gasteiger partial charge is 0.117 e. The van der Waals surface area contributed by atoms with E-state index in [4.69, 9.17) is 5.73 Å². The molecule has 0 spiro atoms. The highest BCUT2D eigenvalue weighted by Gasteiger charge is 2.01. The maximum absolute atomic E-state index is 9.59. The third kappa shape index (κ3) is 6.35. The second-order valence-electron chi connectivity index (χ2n) is 6.42. The number of unbranched alkanes of at least 4 members (excludes halogenated alkanes) is 3. The molecule has 0 aromatic heterocycles. The van der Waals surface area contributed by atoms with Crippen molar-refractivity contribution in [3.05, 3.63) is 59.2 Å². The molecule has 0 aliphatic carbocycles. The highest BCUT2D eigenvalue weighted by molar-refractivity contribution is 5.47. The molecule has 0 saturated carbocycles. The number of hydrogen-bond donors (Lipinski definition) is 2. The van der Waals surface area contributed by atoms with E-state index < -0.39 is 0 Å². The Morgan fingerprint density at radius 3 is 2.17 bits per heavy atom. The van der Waals surface area contributed by atoms with E-state index in [9.17, 15) is 5.11 Å². The summed E-state index contributed by atoms with van der Waals surface area (Å²) < 4.78 is 0. The molecule has 0 amide bonds. The number of anilines is 1. The van der Waals surface area contributed by atoms with E-state index >= 15 is 0 Å². The first kappa shape index (κ1) is 17.4. The van der Waals surface area contributed by atoms with Crippen LogP contribution < -0.4 is 5.73 Å². The minimum absolute atomic E-state index is 0.258. The van der Waals surface area contributed by atoms with Crippen LogP contribution in [0.1, 0.15) is 55.7 Å². The second kappa shape index (κ2) is 9.24. The molecular formula is C21H29NO.